The molecule has 208 valence electrons. The lowest BCUT2D eigenvalue weighted by molar-refractivity contribution is 0.0919. The Morgan fingerprint density at radius 3 is 2.50 bits per heavy atom. The van der Waals surface area contributed by atoms with Crippen molar-refractivity contribution in [3.8, 4) is 5.69 Å². The minimum absolute atomic E-state index is 0.0142. The minimum Gasteiger partial charge on any atom is -0.378 e. The van der Waals surface area contributed by atoms with Gasteiger partial charge < -0.3 is 15.0 Å². The van der Waals surface area contributed by atoms with Crippen molar-refractivity contribution >= 4 is 34.2 Å². The van der Waals surface area contributed by atoms with Crippen LogP contribution in [-0.4, -0.2) is 52.4 Å². The summed E-state index contributed by atoms with van der Waals surface area (Å²) in [6, 6.07) is 18.0. The molecule has 0 radical (unpaired) electrons. The van der Waals surface area contributed by atoms with Crippen LogP contribution in [0.1, 0.15) is 41.7 Å². The molecule has 2 aromatic carbocycles. The molecular weight excluding hydrogens is 526 g/mol. The molecular formula is C31H34ClN5O3. The largest absolute Gasteiger partial charge is 0.378 e. The number of carbonyl (C=O) groups is 1. The summed E-state index contributed by atoms with van der Waals surface area (Å²) in [4.78, 5) is 33.2. The van der Waals surface area contributed by atoms with Crippen LogP contribution < -0.4 is 15.9 Å². The quantitative estimate of drug-likeness (QED) is 0.360. The van der Waals surface area contributed by atoms with E-state index in [2.05, 4.69) is 27.3 Å². The van der Waals surface area contributed by atoms with Crippen LogP contribution in [0.4, 0.5) is 5.69 Å². The predicted octanol–water partition coefficient (Wildman–Crippen LogP) is 4.97. The van der Waals surface area contributed by atoms with Crippen molar-refractivity contribution in [2.24, 2.45) is 5.92 Å². The summed E-state index contributed by atoms with van der Waals surface area (Å²) in [5.41, 5.74) is 5.02. The standard InChI is InChI=1S/C31H34ClN5O3/c1-21-27(17-23(32)19-33-21)30(38)34-24-11-9-22(10-12-24)20-36-28-7-2-3-8-29(28)37(31(36)39)26-6-4-5-25(18-26)35-13-15-40-16-14-35/h2-8,17-19,22,24H,9-16,20H2,1H3,(H,34,38). The van der Waals surface area contributed by atoms with E-state index in [0.717, 1.165) is 61.2 Å². The first-order valence-electron chi connectivity index (χ1n) is 14.0. The van der Waals surface area contributed by atoms with Crippen LogP contribution in [0.5, 0.6) is 0 Å². The fraction of sp³-hybridized carbons (Fsp3) is 0.387. The molecule has 2 fully saturated rings. The highest BCUT2D eigenvalue weighted by molar-refractivity contribution is 6.30. The van der Waals surface area contributed by atoms with Gasteiger partial charge in [-0.15, -0.1) is 0 Å². The second kappa shape index (κ2) is 11.5. The van der Waals surface area contributed by atoms with Gasteiger partial charge in [0.2, 0.25) is 0 Å². The van der Waals surface area contributed by atoms with Gasteiger partial charge in [0.15, 0.2) is 0 Å². The van der Waals surface area contributed by atoms with Gasteiger partial charge in [-0.25, -0.2) is 4.79 Å². The number of imidazole rings is 1. The Labute approximate surface area is 238 Å². The van der Waals surface area contributed by atoms with Crippen LogP contribution in [0, 0.1) is 12.8 Å². The molecule has 1 aliphatic carbocycles. The second-order valence-corrected chi connectivity index (χ2v) is 11.3. The van der Waals surface area contributed by atoms with Crippen molar-refractivity contribution in [2.75, 3.05) is 31.2 Å². The summed E-state index contributed by atoms with van der Waals surface area (Å²) in [6.45, 7) is 5.60. The number of hydrogen-bond donors (Lipinski definition) is 1. The molecule has 40 heavy (non-hydrogen) atoms. The fourth-order valence-corrected chi connectivity index (χ4v) is 6.19. The van der Waals surface area contributed by atoms with Gasteiger partial charge in [0, 0.05) is 37.6 Å². The van der Waals surface area contributed by atoms with E-state index in [1.165, 1.54) is 0 Å². The molecule has 4 aromatic rings. The molecule has 8 nitrogen and oxygen atoms in total. The smallest absolute Gasteiger partial charge is 0.333 e. The number of carbonyl (C=O) groups excluding carboxylic acids is 1. The maximum atomic E-state index is 13.9. The highest BCUT2D eigenvalue weighted by Crippen LogP contribution is 2.28. The zero-order valence-electron chi connectivity index (χ0n) is 22.7. The number of fused-ring (bicyclic) bond motifs is 1. The number of aromatic nitrogens is 3. The summed E-state index contributed by atoms with van der Waals surface area (Å²) in [7, 11) is 0. The number of benzene rings is 2. The first kappa shape index (κ1) is 26.6. The van der Waals surface area contributed by atoms with Crippen LogP contribution in [0.25, 0.3) is 16.7 Å². The minimum atomic E-state index is -0.130. The lowest BCUT2D eigenvalue weighted by Crippen LogP contribution is -2.39. The number of hydrogen-bond acceptors (Lipinski definition) is 5. The monoisotopic (exact) mass is 559 g/mol. The Bertz CT molecular complexity index is 1580. The fourth-order valence-electron chi connectivity index (χ4n) is 6.03. The number of ether oxygens (including phenoxy) is 1. The molecule has 1 aliphatic heterocycles. The van der Waals surface area contributed by atoms with E-state index in [9.17, 15) is 9.59 Å². The zero-order chi connectivity index (χ0) is 27.6. The first-order chi connectivity index (χ1) is 19.5. The van der Waals surface area contributed by atoms with Crippen molar-refractivity contribution in [3.05, 3.63) is 87.6 Å². The Morgan fingerprint density at radius 1 is 1.00 bits per heavy atom. The van der Waals surface area contributed by atoms with Crippen molar-refractivity contribution in [1.29, 1.82) is 0 Å². The molecule has 2 aliphatic rings. The Balaban J connectivity index is 1.18. The van der Waals surface area contributed by atoms with Crippen LogP contribution in [0.2, 0.25) is 5.02 Å². The van der Waals surface area contributed by atoms with Gasteiger partial charge in [0.05, 0.1) is 46.2 Å². The molecule has 0 bridgehead atoms. The van der Waals surface area contributed by atoms with Gasteiger partial charge >= 0.3 is 5.69 Å². The normalized spacial score (nSPS) is 19.6. The number of aryl methyl sites for hydroxylation is 1. The summed E-state index contributed by atoms with van der Waals surface area (Å²) >= 11 is 6.06. The molecule has 1 N–H and O–H groups in total. The third kappa shape index (κ3) is 5.38. The summed E-state index contributed by atoms with van der Waals surface area (Å²) in [5, 5.41) is 3.62. The third-order valence-corrected chi connectivity index (χ3v) is 8.43. The van der Waals surface area contributed by atoms with Crippen molar-refractivity contribution in [3.63, 3.8) is 0 Å². The molecule has 3 heterocycles. The summed E-state index contributed by atoms with van der Waals surface area (Å²) in [6.07, 6.45) is 5.18. The van der Waals surface area contributed by atoms with Gasteiger partial charge in [-0.3, -0.25) is 18.9 Å². The number of halogens is 1. The molecule has 1 saturated heterocycles. The number of rotatable bonds is 6. The number of morpholine rings is 1. The lowest BCUT2D eigenvalue weighted by atomic mass is 9.85. The molecule has 9 heteroatoms. The van der Waals surface area contributed by atoms with E-state index >= 15 is 0 Å². The molecule has 0 spiro atoms. The Hall–Kier alpha value is -3.62. The van der Waals surface area contributed by atoms with Gasteiger partial charge in [0.25, 0.3) is 5.91 Å². The van der Waals surface area contributed by atoms with Gasteiger partial charge in [-0.2, -0.15) is 0 Å². The van der Waals surface area contributed by atoms with E-state index in [4.69, 9.17) is 16.3 Å². The Morgan fingerprint density at radius 2 is 1.73 bits per heavy atom. The first-order valence-corrected chi connectivity index (χ1v) is 14.4. The third-order valence-electron chi connectivity index (χ3n) is 8.22. The Kier molecular flexibility index (Phi) is 7.63. The number of pyridine rings is 1. The predicted molar refractivity (Wildman–Crippen MR) is 158 cm³/mol. The van der Waals surface area contributed by atoms with Crippen LogP contribution >= 0.6 is 11.6 Å². The van der Waals surface area contributed by atoms with Crippen LogP contribution in [-0.2, 0) is 11.3 Å². The van der Waals surface area contributed by atoms with Gasteiger partial charge in [0.1, 0.15) is 0 Å². The maximum Gasteiger partial charge on any atom is 0.333 e. The summed E-state index contributed by atoms with van der Waals surface area (Å²) in [5.74, 6) is 0.230. The van der Waals surface area contributed by atoms with E-state index in [-0.39, 0.29) is 17.6 Å². The van der Waals surface area contributed by atoms with Gasteiger partial charge in [-0.05, 0) is 74.9 Å². The van der Waals surface area contributed by atoms with E-state index < -0.39 is 0 Å². The maximum absolute atomic E-state index is 13.9. The van der Waals surface area contributed by atoms with E-state index in [1.54, 1.807) is 12.3 Å². The molecule has 1 saturated carbocycles. The topological polar surface area (TPSA) is 81.4 Å². The second-order valence-electron chi connectivity index (χ2n) is 10.8. The number of nitrogens with zero attached hydrogens (tertiary/aromatic N) is 4. The van der Waals surface area contributed by atoms with Crippen molar-refractivity contribution in [1.82, 2.24) is 19.4 Å². The van der Waals surface area contributed by atoms with Gasteiger partial charge in [-0.1, -0.05) is 29.8 Å². The zero-order valence-corrected chi connectivity index (χ0v) is 23.4. The highest BCUT2D eigenvalue weighted by Gasteiger charge is 2.26. The number of anilines is 1. The van der Waals surface area contributed by atoms with E-state index in [1.807, 2.05) is 52.5 Å². The molecule has 2 aromatic heterocycles. The molecule has 1 amide bonds. The molecule has 6 rings (SSSR count). The van der Waals surface area contributed by atoms with Crippen molar-refractivity contribution in [2.45, 2.75) is 45.2 Å². The van der Waals surface area contributed by atoms with Crippen molar-refractivity contribution < 1.29 is 9.53 Å². The average Bonchev–Trinajstić information content (AvgIpc) is 3.26. The average molecular weight is 560 g/mol. The summed E-state index contributed by atoms with van der Waals surface area (Å²) < 4.78 is 9.29. The molecule has 0 atom stereocenters. The lowest BCUT2D eigenvalue weighted by Gasteiger charge is -2.29. The van der Waals surface area contributed by atoms with Crippen LogP contribution in [0.3, 0.4) is 0 Å². The van der Waals surface area contributed by atoms with E-state index in [0.29, 0.717) is 42.0 Å². The number of para-hydroxylation sites is 2. The van der Waals surface area contributed by atoms with Crippen LogP contribution in [0.15, 0.2) is 65.6 Å². The number of amides is 1. The molecule has 0 unspecified atom stereocenters. The number of nitrogens with one attached hydrogen (secondary N) is 1. The highest BCUT2D eigenvalue weighted by atomic mass is 35.5. The SMILES string of the molecule is Cc1ncc(Cl)cc1C(=O)NC1CCC(Cn2c(=O)n(-c3cccc(N4CCOCC4)c3)c3ccccc32)CC1.